The largest absolute Gasteiger partial charge is 0.487 e. The van der Waals surface area contributed by atoms with E-state index in [1.54, 1.807) is 14.0 Å². The summed E-state index contributed by atoms with van der Waals surface area (Å²) in [5, 5.41) is 23.1. The van der Waals surface area contributed by atoms with Crippen LogP contribution in [0.25, 0.3) is 0 Å². The van der Waals surface area contributed by atoms with E-state index >= 15 is 0 Å². The molecular formula is C15H21N3O3. The highest BCUT2D eigenvalue weighted by atomic mass is 16.6. The molecule has 6 nitrogen and oxygen atoms in total. The molecule has 0 aliphatic carbocycles. The first kappa shape index (κ1) is 16.9. The van der Waals surface area contributed by atoms with Crippen LogP contribution in [0.5, 0.6) is 5.75 Å². The van der Waals surface area contributed by atoms with Gasteiger partial charge in [0.15, 0.2) is 5.75 Å². The molecule has 0 radical (unpaired) electrons. The van der Waals surface area contributed by atoms with Crippen molar-refractivity contribution in [3.05, 3.63) is 33.4 Å². The number of hydrogen-bond acceptors (Lipinski definition) is 5. The average Bonchev–Trinajstić information content (AvgIpc) is 2.44. The molecule has 0 amide bonds. The Morgan fingerprint density at radius 1 is 1.48 bits per heavy atom. The van der Waals surface area contributed by atoms with Crippen LogP contribution < -0.4 is 10.1 Å². The summed E-state index contributed by atoms with van der Waals surface area (Å²) in [6.07, 6.45) is 1.24. The lowest BCUT2D eigenvalue weighted by Gasteiger charge is -2.20. The molecule has 0 bridgehead atoms. The Kier molecular flexibility index (Phi) is 5.68. The van der Waals surface area contributed by atoms with Gasteiger partial charge >= 0.3 is 5.69 Å². The first-order chi connectivity index (χ1) is 9.83. The van der Waals surface area contributed by atoms with E-state index < -0.39 is 10.5 Å². The van der Waals surface area contributed by atoms with Crippen molar-refractivity contribution in [2.75, 3.05) is 13.7 Å². The zero-order valence-electron chi connectivity index (χ0n) is 12.9. The molecule has 1 rings (SSSR count). The number of nitriles is 1. The van der Waals surface area contributed by atoms with Crippen molar-refractivity contribution in [3.63, 3.8) is 0 Å². The van der Waals surface area contributed by atoms with E-state index in [0.717, 1.165) is 11.1 Å². The second-order valence-corrected chi connectivity index (χ2v) is 5.33. The lowest BCUT2D eigenvalue weighted by Crippen LogP contribution is -2.38. The summed E-state index contributed by atoms with van der Waals surface area (Å²) < 4.78 is 5.59. The van der Waals surface area contributed by atoms with Crippen molar-refractivity contribution < 1.29 is 9.66 Å². The average molecular weight is 291 g/mol. The first-order valence-corrected chi connectivity index (χ1v) is 6.81. The fraction of sp³-hybridized carbons (Fsp3) is 0.533. The van der Waals surface area contributed by atoms with Gasteiger partial charge in [0.2, 0.25) is 0 Å². The van der Waals surface area contributed by atoms with Gasteiger partial charge in [-0.2, -0.15) is 5.26 Å². The number of benzene rings is 1. The third-order valence-electron chi connectivity index (χ3n) is 3.46. The fourth-order valence-corrected chi connectivity index (χ4v) is 2.09. The van der Waals surface area contributed by atoms with E-state index in [1.165, 1.54) is 6.07 Å². The van der Waals surface area contributed by atoms with Crippen LogP contribution in [0.15, 0.2) is 12.1 Å². The third-order valence-corrected chi connectivity index (χ3v) is 3.46. The molecule has 0 aliphatic heterocycles. The highest BCUT2D eigenvalue weighted by molar-refractivity contribution is 5.53. The maximum Gasteiger partial charge on any atom is 0.311 e. The van der Waals surface area contributed by atoms with Gasteiger partial charge in [-0.25, -0.2) is 0 Å². The number of rotatable bonds is 7. The Morgan fingerprint density at radius 3 is 2.67 bits per heavy atom. The van der Waals surface area contributed by atoms with E-state index in [1.807, 2.05) is 19.9 Å². The molecule has 0 saturated carbocycles. The number of aryl methyl sites for hydroxylation is 2. The molecule has 0 fully saturated rings. The molecule has 1 aromatic carbocycles. The summed E-state index contributed by atoms with van der Waals surface area (Å²) in [5.41, 5.74) is 0.971. The maximum absolute atomic E-state index is 11.1. The van der Waals surface area contributed by atoms with E-state index in [2.05, 4.69) is 11.4 Å². The van der Waals surface area contributed by atoms with Crippen LogP contribution in [0, 0.1) is 35.3 Å². The Morgan fingerprint density at radius 2 is 2.14 bits per heavy atom. The SMILES string of the molecule is CNC(C)(C#N)CCCOc1c(C)cc(C)cc1[N+](=O)[O-]. The van der Waals surface area contributed by atoms with E-state index in [9.17, 15) is 10.1 Å². The summed E-state index contributed by atoms with van der Waals surface area (Å²) in [6, 6.07) is 5.57. The molecule has 0 heterocycles. The smallest absolute Gasteiger partial charge is 0.311 e. The van der Waals surface area contributed by atoms with Gasteiger partial charge in [-0.15, -0.1) is 0 Å². The van der Waals surface area contributed by atoms with E-state index in [0.29, 0.717) is 25.2 Å². The van der Waals surface area contributed by atoms with Crippen molar-refractivity contribution in [2.45, 2.75) is 39.2 Å². The van der Waals surface area contributed by atoms with Gasteiger partial charge in [0.05, 0.1) is 17.6 Å². The molecule has 0 aliphatic rings. The van der Waals surface area contributed by atoms with Gasteiger partial charge in [-0.05, 0) is 51.8 Å². The molecular weight excluding hydrogens is 270 g/mol. The number of nitrogens with one attached hydrogen (secondary N) is 1. The molecule has 1 unspecified atom stereocenters. The second-order valence-electron chi connectivity index (χ2n) is 5.33. The van der Waals surface area contributed by atoms with Crippen molar-refractivity contribution >= 4 is 5.69 Å². The first-order valence-electron chi connectivity index (χ1n) is 6.81. The molecule has 0 spiro atoms. The molecule has 1 N–H and O–H groups in total. The van der Waals surface area contributed by atoms with E-state index in [4.69, 9.17) is 10.00 Å². The lowest BCUT2D eigenvalue weighted by atomic mass is 9.98. The number of nitrogens with zero attached hydrogens (tertiary/aromatic N) is 2. The molecule has 6 heteroatoms. The van der Waals surface area contributed by atoms with Gasteiger partial charge in [0, 0.05) is 6.07 Å². The zero-order valence-corrected chi connectivity index (χ0v) is 12.9. The molecule has 1 atom stereocenters. The van der Waals surface area contributed by atoms with Crippen LogP contribution in [0.4, 0.5) is 5.69 Å². The van der Waals surface area contributed by atoms with Crippen molar-refractivity contribution in [1.82, 2.24) is 5.32 Å². The fourth-order valence-electron chi connectivity index (χ4n) is 2.09. The number of nitro benzene ring substituents is 1. The van der Waals surface area contributed by atoms with Gasteiger partial charge in [-0.1, -0.05) is 6.07 Å². The van der Waals surface area contributed by atoms with Crippen LogP contribution in [0.1, 0.15) is 30.9 Å². The highest BCUT2D eigenvalue weighted by Crippen LogP contribution is 2.32. The van der Waals surface area contributed by atoms with Gasteiger partial charge in [0.1, 0.15) is 5.54 Å². The van der Waals surface area contributed by atoms with Crippen LogP contribution in [-0.2, 0) is 0 Å². The Labute approximate surface area is 124 Å². The Balaban J connectivity index is 2.73. The van der Waals surface area contributed by atoms with Crippen LogP contribution >= 0.6 is 0 Å². The third kappa shape index (κ3) is 4.43. The summed E-state index contributed by atoms with van der Waals surface area (Å²) in [5.74, 6) is 0.314. The molecule has 114 valence electrons. The quantitative estimate of drug-likeness (QED) is 0.474. The normalized spacial score (nSPS) is 13.3. The molecule has 1 aromatic rings. The van der Waals surface area contributed by atoms with Crippen molar-refractivity contribution in [1.29, 1.82) is 5.26 Å². The topological polar surface area (TPSA) is 88.2 Å². The summed E-state index contributed by atoms with van der Waals surface area (Å²) in [4.78, 5) is 10.7. The number of hydrogen-bond donors (Lipinski definition) is 1. The van der Waals surface area contributed by atoms with Crippen molar-refractivity contribution in [2.24, 2.45) is 0 Å². The molecule has 21 heavy (non-hydrogen) atoms. The van der Waals surface area contributed by atoms with Gasteiger partial charge in [0.25, 0.3) is 0 Å². The van der Waals surface area contributed by atoms with Crippen LogP contribution in [-0.4, -0.2) is 24.1 Å². The summed E-state index contributed by atoms with van der Waals surface area (Å²) in [6.45, 7) is 5.76. The minimum Gasteiger partial charge on any atom is -0.487 e. The standard InChI is InChI=1S/C15H21N3O3/c1-11-8-12(2)14(13(9-11)18(19)20)21-7-5-6-15(3,10-16)17-4/h8-9,17H,5-7H2,1-4H3. The number of nitro groups is 1. The maximum atomic E-state index is 11.1. The zero-order chi connectivity index (χ0) is 16.0. The minimum atomic E-state index is -0.600. The van der Waals surface area contributed by atoms with E-state index in [-0.39, 0.29) is 5.69 Å². The Hall–Kier alpha value is -2.13. The second kappa shape index (κ2) is 7.04. The van der Waals surface area contributed by atoms with Crippen LogP contribution in [0.3, 0.4) is 0 Å². The molecule has 0 aromatic heterocycles. The highest BCUT2D eigenvalue weighted by Gasteiger charge is 2.22. The number of ether oxygens (including phenoxy) is 1. The lowest BCUT2D eigenvalue weighted by molar-refractivity contribution is -0.386. The predicted molar refractivity (Wildman–Crippen MR) is 80.4 cm³/mol. The summed E-state index contributed by atoms with van der Waals surface area (Å²) in [7, 11) is 1.74. The molecule has 0 saturated heterocycles. The van der Waals surface area contributed by atoms with Crippen molar-refractivity contribution in [3.8, 4) is 11.8 Å². The van der Waals surface area contributed by atoms with Gasteiger partial charge < -0.3 is 10.1 Å². The van der Waals surface area contributed by atoms with Gasteiger partial charge in [-0.3, -0.25) is 10.1 Å². The van der Waals surface area contributed by atoms with Crippen LogP contribution in [0.2, 0.25) is 0 Å². The predicted octanol–water partition coefficient (Wildman–Crippen LogP) is 2.87. The Bertz CT molecular complexity index is 566. The monoisotopic (exact) mass is 291 g/mol. The summed E-state index contributed by atoms with van der Waals surface area (Å²) >= 11 is 0. The minimum absolute atomic E-state index is 0.0100.